The van der Waals surface area contributed by atoms with Crippen molar-refractivity contribution in [2.45, 2.75) is 20.3 Å². The van der Waals surface area contributed by atoms with Crippen molar-refractivity contribution < 1.29 is 4.79 Å². The van der Waals surface area contributed by atoms with Crippen molar-refractivity contribution in [1.29, 1.82) is 0 Å². The fraction of sp³-hybridized carbons (Fsp3) is 0.444. The lowest BCUT2D eigenvalue weighted by molar-refractivity contribution is -0.115. The zero-order chi connectivity index (χ0) is 10.7. The number of rotatable bonds is 2. The quantitative estimate of drug-likeness (QED) is 0.744. The van der Waals surface area contributed by atoms with Gasteiger partial charge in [-0.15, -0.1) is 0 Å². The fourth-order valence-electron chi connectivity index (χ4n) is 1.08. The number of hydrogen-bond donors (Lipinski definition) is 1. The third-order valence-electron chi connectivity index (χ3n) is 1.78. The first kappa shape index (κ1) is 10.4. The monoisotopic (exact) mass is 195 g/mol. The second-order valence-electron chi connectivity index (χ2n) is 3.03. The normalized spacial score (nSPS) is 9.93. The summed E-state index contributed by atoms with van der Waals surface area (Å²) in [4.78, 5) is 22.5. The molecule has 1 rings (SSSR count). The Morgan fingerprint density at radius 1 is 1.64 bits per heavy atom. The Morgan fingerprint density at radius 2 is 2.29 bits per heavy atom. The number of hydrogen-bond acceptors (Lipinski definition) is 3. The smallest absolute Gasteiger partial charge is 0.290 e. The van der Waals surface area contributed by atoms with Crippen LogP contribution in [0.4, 0.5) is 5.69 Å². The predicted molar refractivity (Wildman–Crippen MR) is 53.1 cm³/mol. The van der Waals surface area contributed by atoms with Crippen LogP contribution in [0.2, 0.25) is 0 Å². The Kier molecular flexibility index (Phi) is 3.01. The molecular formula is C9H13N3O2. The Balaban J connectivity index is 3.09. The molecule has 0 fully saturated rings. The lowest BCUT2D eigenvalue weighted by atomic mass is 10.3. The van der Waals surface area contributed by atoms with Crippen molar-refractivity contribution in [2.75, 3.05) is 5.32 Å². The largest absolute Gasteiger partial charge is 0.321 e. The highest BCUT2D eigenvalue weighted by molar-refractivity contribution is 5.90. The first-order valence-corrected chi connectivity index (χ1v) is 4.39. The molecule has 76 valence electrons. The maximum Gasteiger partial charge on any atom is 0.290 e. The van der Waals surface area contributed by atoms with E-state index in [0.717, 1.165) is 0 Å². The van der Waals surface area contributed by atoms with Gasteiger partial charge in [-0.2, -0.15) is 5.10 Å². The van der Waals surface area contributed by atoms with E-state index in [9.17, 15) is 9.59 Å². The van der Waals surface area contributed by atoms with E-state index in [1.54, 1.807) is 27.0 Å². The van der Waals surface area contributed by atoms with E-state index in [0.29, 0.717) is 12.1 Å². The van der Waals surface area contributed by atoms with Crippen molar-refractivity contribution in [2.24, 2.45) is 7.05 Å². The summed E-state index contributed by atoms with van der Waals surface area (Å²) in [7, 11) is 1.55. The van der Waals surface area contributed by atoms with Crippen LogP contribution in [0.1, 0.15) is 19.0 Å². The molecule has 5 nitrogen and oxygen atoms in total. The zero-order valence-corrected chi connectivity index (χ0v) is 8.50. The second-order valence-corrected chi connectivity index (χ2v) is 3.03. The molecule has 0 aliphatic rings. The van der Waals surface area contributed by atoms with E-state index < -0.39 is 0 Å². The van der Waals surface area contributed by atoms with Gasteiger partial charge in [0.1, 0.15) is 5.69 Å². The van der Waals surface area contributed by atoms with Crippen LogP contribution in [0.3, 0.4) is 0 Å². The van der Waals surface area contributed by atoms with Gasteiger partial charge in [0.15, 0.2) is 0 Å². The van der Waals surface area contributed by atoms with Gasteiger partial charge in [-0.25, -0.2) is 4.68 Å². The summed E-state index contributed by atoms with van der Waals surface area (Å²) in [5, 5.41) is 6.45. The Morgan fingerprint density at radius 3 is 2.86 bits per heavy atom. The van der Waals surface area contributed by atoms with Crippen molar-refractivity contribution in [1.82, 2.24) is 9.78 Å². The van der Waals surface area contributed by atoms with Crippen LogP contribution in [-0.2, 0) is 11.8 Å². The summed E-state index contributed by atoms with van der Waals surface area (Å²) < 4.78 is 1.21. The molecule has 0 aliphatic heterocycles. The van der Waals surface area contributed by atoms with Gasteiger partial charge in [0, 0.05) is 13.5 Å². The number of nitrogens with one attached hydrogen (secondary N) is 1. The molecule has 1 aromatic rings. The lowest BCUT2D eigenvalue weighted by Crippen LogP contribution is -2.26. The van der Waals surface area contributed by atoms with E-state index in [1.165, 1.54) is 4.68 Å². The topological polar surface area (TPSA) is 64.0 Å². The van der Waals surface area contributed by atoms with Crippen molar-refractivity contribution in [3.8, 4) is 0 Å². The maximum absolute atomic E-state index is 11.5. The number of carbonyl (C=O) groups is 1. The highest BCUT2D eigenvalue weighted by Gasteiger charge is 2.06. The third-order valence-corrected chi connectivity index (χ3v) is 1.78. The molecule has 0 radical (unpaired) electrons. The van der Waals surface area contributed by atoms with Crippen LogP contribution >= 0.6 is 0 Å². The predicted octanol–water partition coefficient (Wildman–Crippen LogP) is 0.437. The van der Waals surface area contributed by atoms with Crippen molar-refractivity contribution in [3.05, 3.63) is 22.1 Å². The highest BCUT2D eigenvalue weighted by Crippen LogP contribution is 2.00. The summed E-state index contributed by atoms with van der Waals surface area (Å²) in [5.41, 5.74) is 0.683. The zero-order valence-electron chi connectivity index (χ0n) is 8.50. The summed E-state index contributed by atoms with van der Waals surface area (Å²) in [5.74, 6) is -0.173. The average molecular weight is 195 g/mol. The number of amides is 1. The minimum absolute atomic E-state index is 0.173. The average Bonchev–Trinajstić information content (AvgIpc) is 2.13. The Labute approximate surface area is 81.7 Å². The number of anilines is 1. The molecule has 0 spiro atoms. The van der Waals surface area contributed by atoms with Gasteiger partial charge in [-0.1, -0.05) is 6.92 Å². The van der Waals surface area contributed by atoms with Gasteiger partial charge in [0.2, 0.25) is 5.91 Å². The van der Waals surface area contributed by atoms with Crippen LogP contribution in [0.15, 0.2) is 10.9 Å². The van der Waals surface area contributed by atoms with E-state index in [4.69, 9.17) is 0 Å². The van der Waals surface area contributed by atoms with Gasteiger partial charge < -0.3 is 5.32 Å². The summed E-state index contributed by atoms with van der Waals surface area (Å²) >= 11 is 0. The number of aromatic nitrogens is 2. The SMILES string of the molecule is CCC(=O)Nc1cc(C)nn(C)c1=O. The molecule has 5 heteroatoms. The minimum Gasteiger partial charge on any atom is -0.321 e. The van der Waals surface area contributed by atoms with Gasteiger partial charge in [0.05, 0.1) is 5.69 Å². The molecule has 0 unspecified atom stereocenters. The third kappa shape index (κ3) is 2.18. The van der Waals surface area contributed by atoms with Crippen LogP contribution in [0.25, 0.3) is 0 Å². The summed E-state index contributed by atoms with van der Waals surface area (Å²) in [6, 6.07) is 1.57. The van der Waals surface area contributed by atoms with Crippen molar-refractivity contribution >= 4 is 11.6 Å². The molecule has 1 heterocycles. The molecule has 1 N–H and O–H groups in total. The first-order chi connectivity index (χ1) is 6.54. The van der Waals surface area contributed by atoms with Gasteiger partial charge in [0.25, 0.3) is 5.56 Å². The molecule has 0 saturated carbocycles. The van der Waals surface area contributed by atoms with Crippen LogP contribution in [-0.4, -0.2) is 15.7 Å². The van der Waals surface area contributed by atoms with E-state index in [2.05, 4.69) is 10.4 Å². The molecule has 14 heavy (non-hydrogen) atoms. The molecule has 0 saturated heterocycles. The Bertz CT molecular complexity index is 409. The molecule has 0 bridgehead atoms. The van der Waals surface area contributed by atoms with Gasteiger partial charge >= 0.3 is 0 Å². The van der Waals surface area contributed by atoms with Gasteiger partial charge in [-0.3, -0.25) is 9.59 Å². The lowest BCUT2D eigenvalue weighted by Gasteiger charge is -2.05. The number of carbonyl (C=O) groups excluding carboxylic acids is 1. The highest BCUT2D eigenvalue weighted by atomic mass is 16.2. The molecule has 0 atom stereocenters. The maximum atomic E-state index is 11.5. The van der Waals surface area contributed by atoms with E-state index in [-0.39, 0.29) is 17.2 Å². The number of aryl methyl sites for hydroxylation is 2. The molecule has 0 aromatic carbocycles. The Hall–Kier alpha value is -1.65. The second kappa shape index (κ2) is 4.04. The fourth-order valence-corrected chi connectivity index (χ4v) is 1.08. The van der Waals surface area contributed by atoms with Crippen molar-refractivity contribution in [3.63, 3.8) is 0 Å². The minimum atomic E-state index is -0.294. The van der Waals surface area contributed by atoms with Crippen LogP contribution in [0, 0.1) is 6.92 Å². The van der Waals surface area contributed by atoms with Crippen LogP contribution < -0.4 is 10.9 Å². The van der Waals surface area contributed by atoms with Crippen LogP contribution in [0.5, 0.6) is 0 Å². The van der Waals surface area contributed by atoms with E-state index in [1.807, 2.05) is 0 Å². The standard InChI is InChI=1S/C9H13N3O2/c1-4-8(13)10-7-5-6(2)11-12(3)9(7)14/h5H,4H2,1-3H3,(H,10,13). The summed E-state index contributed by atoms with van der Waals surface area (Å²) in [6.45, 7) is 3.49. The first-order valence-electron chi connectivity index (χ1n) is 4.39. The number of nitrogens with zero attached hydrogens (tertiary/aromatic N) is 2. The molecule has 1 amide bonds. The molecule has 1 aromatic heterocycles. The summed E-state index contributed by atoms with van der Waals surface area (Å²) in [6.07, 6.45) is 0.352. The van der Waals surface area contributed by atoms with E-state index >= 15 is 0 Å². The molecular weight excluding hydrogens is 182 g/mol. The molecule has 0 aliphatic carbocycles. The van der Waals surface area contributed by atoms with Gasteiger partial charge in [-0.05, 0) is 13.0 Å².